The number of likely N-dealkylation sites (N-methyl/N-ethyl adjacent to an activating group) is 1. The van der Waals surface area contributed by atoms with Crippen LogP contribution < -0.4 is 25.2 Å². The molecule has 0 spiro atoms. The van der Waals surface area contributed by atoms with E-state index in [0.29, 0.717) is 62.2 Å². The summed E-state index contributed by atoms with van der Waals surface area (Å²) in [5.74, 6) is -0.485. The molecule has 5 aromatic carbocycles. The fourth-order valence-electron chi connectivity index (χ4n) is 9.80. The van der Waals surface area contributed by atoms with Crippen molar-refractivity contribution < 1.29 is 33.1 Å². The number of carbonyl (C=O) groups is 2. The molecule has 2 fully saturated rings. The molecule has 79 heavy (non-hydrogen) atoms. The van der Waals surface area contributed by atoms with E-state index in [1.807, 2.05) is 96.5 Å². The maximum atomic E-state index is 14.5. The molecule has 6 aromatic rings. The van der Waals surface area contributed by atoms with E-state index in [2.05, 4.69) is 54.1 Å². The Hall–Kier alpha value is -6.49. The summed E-state index contributed by atoms with van der Waals surface area (Å²) >= 11 is 7.98. The summed E-state index contributed by atoms with van der Waals surface area (Å²) < 4.78 is 31.2. The molecule has 18 nitrogen and oxygen atoms in total. The lowest BCUT2D eigenvalue weighted by Crippen LogP contribution is -2.46. The average molecular weight is 1140 g/mol. The Bertz CT molecular complexity index is 3120. The number of anilines is 3. The molecule has 2 atom stereocenters. The monoisotopic (exact) mass is 1130 g/mol. The fourth-order valence-corrected chi connectivity index (χ4v) is 11.9. The highest BCUT2D eigenvalue weighted by Crippen LogP contribution is 2.39. The number of aromatic nitrogens is 1. The zero-order valence-electron chi connectivity index (χ0n) is 45.0. The van der Waals surface area contributed by atoms with Crippen LogP contribution in [0.3, 0.4) is 0 Å². The number of amides is 2. The van der Waals surface area contributed by atoms with Gasteiger partial charge in [0.1, 0.15) is 11.4 Å². The number of nitro groups is 1. The van der Waals surface area contributed by atoms with Crippen LogP contribution in [0, 0.1) is 10.1 Å². The van der Waals surface area contributed by atoms with Crippen LogP contribution >= 0.6 is 23.4 Å². The van der Waals surface area contributed by atoms with Gasteiger partial charge >= 0.3 is 0 Å². The van der Waals surface area contributed by atoms with Crippen LogP contribution in [0.4, 0.5) is 22.7 Å². The number of benzene rings is 5. The molecule has 21 heteroatoms. The number of nitrogens with one attached hydrogen (secondary N) is 3. The average Bonchev–Trinajstić information content (AvgIpc) is 4.13. The molecule has 8 rings (SSSR count). The molecule has 3 heterocycles. The molecule has 1 aromatic heterocycles. The SMILES string of the molecule is CN(C)CC[C@@H](CSc1ccccc1)Nc1ccc(S(=O)(=O)NC(=O)c2ccc(N3CCN(c4cccc(-c5c(-c6ccc(Cl)cc6)cn(CC[C@H](O)CO)c5C(=O)NCCCN5CCN(C)CC5)c4)CC3)cc2)cc1[N+](=O)[O-]. The topological polar surface area (TPSA) is 209 Å². The summed E-state index contributed by atoms with van der Waals surface area (Å²) in [6.07, 6.45) is 2.71. The predicted octanol–water partition coefficient (Wildman–Crippen LogP) is 7.46. The van der Waals surface area contributed by atoms with Gasteiger partial charge in [-0.05, 0) is 137 Å². The van der Waals surface area contributed by atoms with Crippen molar-refractivity contribution in [3.05, 3.63) is 154 Å². The van der Waals surface area contributed by atoms with Gasteiger partial charge in [-0.2, -0.15) is 0 Å². The van der Waals surface area contributed by atoms with E-state index >= 15 is 0 Å². The van der Waals surface area contributed by atoms with Crippen LogP contribution in [0.25, 0.3) is 22.3 Å². The third-order valence-corrected chi connectivity index (χ3v) is 17.1. The minimum atomic E-state index is -4.51. The first-order valence-electron chi connectivity index (χ1n) is 26.7. The lowest BCUT2D eigenvalue weighted by molar-refractivity contribution is -0.384. The lowest BCUT2D eigenvalue weighted by atomic mass is 9.95. The maximum Gasteiger partial charge on any atom is 0.293 e. The first kappa shape index (κ1) is 58.7. The highest BCUT2D eigenvalue weighted by atomic mass is 35.5. The summed E-state index contributed by atoms with van der Waals surface area (Å²) in [6, 6.07) is 35.6. The Balaban J connectivity index is 0.933. The van der Waals surface area contributed by atoms with Crippen molar-refractivity contribution in [1.29, 1.82) is 0 Å². The number of nitro benzene ring substituents is 1. The summed E-state index contributed by atoms with van der Waals surface area (Å²) in [5.41, 5.74) is 5.42. The Labute approximate surface area is 472 Å². The molecule has 2 amide bonds. The molecule has 420 valence electrons. The van der Waals surface area contributed by atoms with Crippen molar-refractivity contribution in [2.45, 2.75) is 47.7 Å². The van der Waals surface area contributed by atoms with Gasteiger partial charge in [0.25, 0.3) is 27.5 Å². The Kier molecular flexibility index (Phi) is 20.5. The lowest BCUT2D eigenvalue weighted by Gasteiger charge is -2.37. The van der Waals surface area contributed by atoms with Crippen molar-refractivity contribution >= 4 is 68.0 Å². The first-order valence-corrected chi connectivity index (χ1v) is 29.5. The second kappa shape index (κ2) is 27.6. The minimum absolute atomic E-state index is 0.102. The standard InChI is InChI=1S/C58H71ClN10O8S2/c1-63(2)27-23-46(41-78-50-11-5-4-6-12-50)61-53-22-21-51(38-54(53)69(74)75)79(76,77)62-57(72)43-15-19-47(20-16-43)66-33-35-67(36-34-66)48-10-7-9-44(37-48)55-52(42-13-17-45(59)18-14-42)39-68(28-24-49(71)40-70)56(55)58(73)60-25-8-26-65-31-29-64(3)30-32-65/h4-7,9-22,37-39,46,49,61,70-71H,8,23-36,40-41H2,1-3H3,(H,60,73)(H,62,72)/t46-,49-/m0/s1. The summed E-state index contributed by atoms with van der Waals surface area (Å²) in [6.45, 7) is 8.60. The van der Waals surface area contributed by atoms with Crippen LogP contribution in [0.15, 0.2) is 137 Å². The number of hydrogen-bond donors (Lipinski definition) is 5. The number of aryl methyl sites for hydroxylation is 1. The van der Waals surface area contributed by atoms with Gasteiger partial charge in [0.05, 0.1) is 22.5 Å². The molecular formula is C58H71ClN10O8S2. The number of nitrogens with zero attached hydrogens (tertiary/aromatic N) is 7. The maximum absolute atomic E-state index is 14.5. The number of aliphatic hydroxyl groups excluding tert-OH is 2. The second-order valence-electron chi connectivity index (χ2n) is 20.3. The third-order valence-electron chi connectivity index (χ3n) is 14.4. The molecule has 5 N–H and O–H groups in total. The predicted molar refractivity (Wildman–Crippen MR) is 315 cm³/mol. The highest BCUT2D eigenvalue weighted by Gasteiger charge is 2.28. The van der Waals surface area contributed by atoms with Gasteiger partial charge in [-0.25, -0.2) is 13.1 Å². The number of aliphatic hydroxyl groups is 2. The van der Waals surface area contributed by atoms with Gasteiger partial charge in [0.15, 0.2) is 0 Å². The number of piperazine rings is 2. The van der Waals surface area contributed by atoms with Crippen LogP contribution in [-0.4, -0.2) is 172 Å². The molecule has 0 bridgehead atoms. The van der Waals surface area contributed by atoms with E-state index in [9.17, 15) is 38.3 Å². The number of hydrogen-bond acceptors (Lipinski definition) is 15. The molecule has 0 unspecified atom stereocenters. The van der Waals surface area contributed by atoms with Gasteiger partial charge in [-0.15, -0.1) is 11.8 Å². The van der Waals surface area contributed by atoms with Crippen molar-refractivity contribution in [3.63, 3.8) is 0 Å². The molecule has 0 aliphatic carbocycles. The van der Waals surface area contributed by atoms with E-state index in [-0.39, 0.29) is 29.6 Å². The number of sulfonamides is 1. The number of carbonyl (C=O) groups excluding carboxylic acids is 2. The zero-order valence-corrected chi connectivity index (χ0v) is 47.4. The largest absolute Gasteiger partial charge is 0.394 e. The Morgan fingerprint density at radius 2 is 1.49 bits per heavy atom. The normalized spacial score (nSPS) is 15.2. The molecular weight excluding hydrogens is 1060 g/mol. The molecule has 0 saturated carbocycles. The van der Waals surface area contributed by atoms with Crippen LogP contribution in [-0.2, 0) is 16.6 Å². The highest BCUT2D eigenvalue weighted by molar-refractivity contribution is 7.99. The van der Waals surface area contributed by atoms with E-state index in [1.54, 1.807) is 36.0 Å². The number of halogens is 1. The van der Waals surface area contributed by atoms with Crippen LogP contribution in [0.1, 0.15) is 40.1 Å². The minimum Gasteiger partial charge on any atom is -0.394 e. The molecule has 0 radical (unpaired) electrons. The van der Waals surface area contributed by atoms with Crippen molar-refractivity contribution in [2.24, 2.45) is 0 Å². The Morgan fingerprint density at radius 1 is 0.797 bits per heavy atom. The summed E-state index contributed by atoms with van der Waals surface area (Å²) in [4.78, 5) is 51.5. The smallest absolute Gasteiger partial charge is 0.293 e. The van der Waals surface area contributed by atoms with Crippen LogP contribution in [0.5, 0.6) is 0 Å². The summed E-state index contributed by atoms with van der Waals surface area (Å²) in [7, 11) is 1.53. The van der Waals surface area contributed by atoms with Crippen LogP contribution in [0.2, 0.25) is 5.02 Å². The van der Waals surface area contributed by atoms with E-state index in [1.165, 1.54) is 12.1 Å². The fraction of sp³-hybridized carbons (Fsp3) is 0.379. The molecule has 2 aliphatic rings. The quantitative estimate of drug-likeness (QED) is 0.0163. The Morgan fingerprint density at radius 3 is 2.16 bits per heavy atom. The number of thioether (sulfide) groups is 1. The van der Waals surface area contributed by atoms with Gasteiger partial charge in [-0.1, -0.05) is 54.1 Å². The molecule has 2 aliphatic heterocycles. The van der Waals surface area contributed by atoms with Gasteiger partial charge in [0.2, 0.25) is 0 Å². The number of rotatable bonds is 25. The van der Waals surface area contributed by atoms with Crippen molar-refractivity contribution in [1.82, 2.24) is 29.3 Å². The van der Waals surface area contributed by atoms with E-state index in [0.717, 1.165) is 90.3 Å². The van der Waals surface area contributed by atoms with Gasteiger partial charge < -0.3 is 49.9 Å². The van der Waals surface area contributed by atoms with Crippen molar-refractivity contribution in [2.75, 3.05) is 121 Å². The van der Waals surface area contributed by atoms with E-state index < -0.39 is 44.1 Å². The second-order valence-corrected chi connectivity index (χ2v) is 23.6. The van der Waals surface area contributed by atoms with Gasteiger partial charge in [-0.3, -0.25) is 19.7 Å². The van der Waals surface area contributed by atoms with Crippen molar-refractivity contribution in [3.8, 4) is 22.3 Å². The zero-order chi connectivity index (χ0) is 56.1. The van der Waals surface area contributed by atoms with E-state index in [4.69, 9.17) is 11.6 Å². The third kappa shape index (κ3) is 15.9. The molecule has 2 saturated heterocycles. The van der Waals surface area contributed by atoms with Gasteiger partial charge in [0, 0.05) is 127 Å². The first-order chi connectivity index (χ1) is 38.0. The summed E-state index contributed by atoms with van der Waals surface area (Å²) in [5, 5.41) is 39.5.